The number of carbonyl (C=O) groups excluding carboxylic acids is 1. The first kappa shape index (κ1) is 23.5. The lowest BCUT2D eigenvalue weighted by Crippen LogP contribution is -2.29. The number of hydrogen-bond donors (Lipinski definition) is 1. The molecular weight excluding hydrogens is 455 g/mol. The van der Waals surface area contributed by atoms with E-state index in [4.69, 9.17) is 9.47 Å². The van der Waals surface area contributed by atoms with Crippen molar-refractivity contribution < 1.29 is 23.2 Å². The van der Waals surface area contributed by atoms with Crippen LogP contribution in [0.15, 0.2) is 35.2 Å². The van der Waals surface area contributed by atoms with Gasteiger partial charge in [0.1, 0.15) is 34.2 Å². The number of rotatable bonds is 8. The number of nitrogens with one attached hydrogen (secondary N) is 1. The van der Waals surface area contributed by atoms with Crippen LogP contribution >= 0.6 is 0 Å². The van der Waals surface area contributed by atoms with Gasteiger partial charge in [-0.25, -0.2) is 13.9 Å². The highest BCUT2D eigenvalue weighted by Gasteiger charge is 2.45. The van der Waals surface area contributed by atoms with E-state index in [1.165, 1.54) is 25.7 Å². The van der Waals surface area contributed by atoms with Gasteiger partial charge in [-0.3, -0.25) is 0 Å². The van der Waals surface area contributed by atoms with E-state index in [-0.39, 0.29) is 11.4 Å². The summed E-state index contributed by atoms with van der Waals surface area (Å²) in [7, 11) is 1.33. The topological polar surface area (TPSA) is 73.9 Å². The van der Waals surface area contributed by atoms with Crippen LogP contribution < -0.4 is 9.46 Å². The van der Waals surface area contributed by atoms with Crippen molar-refractivity contribution in [1.82, 2.24) is 4.90 Å². The second-order valence-corrected chi connectivity index (χ2v) is 10.6. The van der Waals surface area contributed by atoms with Crippen molar-refractivity contribution in [2.45, 2.75) is 55.9 Å². The molecule has 2 fully saturated rings. The number of carbonyl (C=O) groups is 1. The summed E-state index contributed by atoms with van der Waals surface area (Å²) in [6, 6.07) is 8.56. The quantitative estimate of drug-likeness (QED) is 0.432. The van der Waals surface area contributed by atoms with Gasteiger partial charge < -0.3 is 18.9 Å². The molecule has 34 heavy (non-hydrogen) atoms. The molecule has 2 aliphatic heterocycles. The Morgan fingerprint density at radius 2 is 2.21 bits per heavy atom. The van der Waals surface area contributed by atoms with E-state index in [2.05, 4.69) is 16.5 Å². The molecule has 2 aromatic carbocycles. The molecule has 1 saturated carbocycles. The predicted molar refractivity (Wildman–Crippen MR) is 129 cm³/mol. The highest BCUT2D eigenvalue weighted by Crippen LogP contribution is 2.55. The zero-order valence-electron chi connectivity index (χ0n) is 19.6. The van der Waals surface area contributed by atoms with Crippen molar-refractivity contribution in [1.29, 1.82) is 0 Å². The molecule has 1 aliphatic carbocycles. The average Bonchev–Trinajstić information content (AvgIpc) is 3.50. The van der Waals surface area contributed by atoms with Gasteiger partial charge in [0.2, 0.25) is 0 Å². The van der Waals surface area contributed by atoms with Crippen LogP contribution in [0, 0.1) is 11.7 Å². The monoisotopic (exact) mass is 486 g/mol. The third kappa shape index (κ3) is 4.51. The minimum Gasteiger partial charge on any atom is -0.588 e. The van der Waals surface area contributed by atoms with Crippen LogP contribution in [0.3, 0.4) is 0 Å². The van der Waals surface area contributed by atoms with Crippen LogP contribution in [0.5, 0.6) is 5.75 Å². The normalized spacial score (nSPS) is 24.1. The zero-order chi connectivity index (χ0) is 23.8. The summed E-state index contributed by atoms with van der Waals surface area (Å²) in [4.78, 5) is 15.6. The second kappa shape index (κ2) is 9.76. The van der Waals surface area contributed by atoms with Gasteiger partial charge in [0.05, 0.1) is 13.7 Å². The molecule has 5 rings (SSSR count). The first-order valence-corrected chi connectivity index (χ1v) is 13.2. The maximum Gasteiger partial charge on any atom is 0.343 e. The number of hydrogen-bond acceptors (Lipinski definition) is 6. The van der Waals surface area contributed by atoms with Crippen molar-refractivity contribution in [3.8, 4) is 5.75 Å². The standard InChI is InChI=1S/C26H31FN2O4S/c1-3-29-12-4-5-19(29)8-6-16-13-18(27)7-11-23(16)34(31)28-22-10-9-20-21-14-17(21)15-33-25(20)24(22)26(30)32-2/h7,9-11,13,17,19,21,28H,3-6,8,12,14-15H2,1-2H3/t17-,19+,21-,34?/m0/s1. The van der Waals surface area contributed by atoms with E-state index in [0.29, 0.717) is 47.2 Å². The van der Waals surface area contributed by atoms with E-state index in [1.807, 2.05) is 6.07 Å². The Balaban J connectivity index is 1.39. The number of anilines is 1. The lowest BCUT2D eigenvalue weighted by atomic mass is 10.0. The van der Waals surface area contributed by atoms with Gasteiger partial charge in [-0.1, -0.05) is 13.0 Å². The van der Waals surface area contributed by atoms with Gasteiger partial charge in [-0.05, 0) is 80.9 Å². The minimum absolute atomic E-state index is 0.270. The van der Waals surface area contributed by atoms with Gasteiger partial charge in [-0.15, -0.1) is 0 Å². The zero-order valence-corrected chi connectivity index (χ0v) is 20.5. The van der Waals surface area contributed by atoms with Crippen LogP contribution in [-0.2, 0) is 22.5 Å². The van der Waals surface area contributed by atoms with Crippen LogP contribution in [-0.4, -0.2) is 48.3 Å². The van der Waals surface area contributed by atoms with Gasteiger partial charge in [0.25, 0.3) is 0 Å². The Morgan fingerprint density at radius 3 is 3.00 bits per heavy atom. The van der Waals surface area contributed by atoms with E-state index in [0.717, 1.165) is 43.5 Å². The van der Waals surface area contributed by atoms with Crippen molar-refractivity contribution >= 4 is 23.0 Å². The summed E-state index contributed by atoms with van der Waals surface area (Å²) in [5.41, 5.74) is 2.40. The fourth-order valence-electron chi connectivity index (χ4n) is 5.48. The first-order chi connectivity index (χ1) is 16.5. The molecule has 0 radical (unpaired) electrons. The molecule has 4 atom stereocenters. The van der Waals surface area contributed by atoms with Gasteiger partial charge >= 0.3 is 5.97 Å². The smallest absolute Gasteiger partial charge is 0.343 e. The van der Waals surface area contributed by atoms with E-state index < -0.39 is 17.3 Å². The third-order valence-corrected chi connectivity index (χ3v) is 8.62. The summed E-state index contributed by atoms with van der Waals surface area (Å²) in [6.45, 7) is 4.84. The fourth-order valence-corrected chi connectivity index (χ4v) is 6.55. The number of methoxy groups -OCH3 is 1. The number of benzene rings is 2. The third-order valence-electron chi connectivity index (χ3n) is 7.42. The number of likely N-dealkylation sites (tertiary alicyclic amines) is 1. The molecule has 8 heteroatoms. The minimum atomic E-state index is -1.69. The second-order valence-electron chi connectivity index (χ2n) is 9.40. The number of nitrogens with zero attached hydrogens (tertiary/aromatic N) is 1. The molecule has 0 amide bonds. The maximum atomic E-state index is 14.1. The van der Waals surface area contributed by atoms with Crippen molar-refractivity contribution in [2.24, 2.45) is 5.92 Å². The molecule has 1 N–H and O–H groups in total. The molecule has 2 heterocycles. The summed E-state index contributed by atoms with van der Waals surface area (Å²) in [5.74, 6) is 0.569. The Bertz CT molecular complexity index is 1080. The summed E-state index contributed by atoms with van der Waals surface area (Å²) < 4.78 is 41.5. The van der Waals surface area contributed by atoms with Gasteiger partial charge in [0, 0.05) is 17.5 Å². The van der Waals surface area contributed by atoms with E-state index >= 15 is 0 Å². The summed E-state index contributed by atoms with van der Waals surface area (Å²) in [6.07, 6.45) is 4.91. The van der Waals surface area contributed by atoms with Crippen molar-refractivity contribution in [2.75, 3.05) is 31.5 Å². The number of ether oxygens (including phenoxy) is 2. The first-order valence-electron chi connectivity index (χ1n) is 12.1. The number of aryl methyl sites for hydroxylation is 1. The van der Waals surface area contributed by atoms with Crippen LogP contribution in [0.4, 0.5) is 10.1 Å². The predicted octanol–water partition coefficient (Wildman–Crippen LogP) is 4.66. The van der Waals surface area contributed by atoms with Crippen molar-refractivity contribution in [3.63, 3.8) is 0 Å². The molecule has 1 unspecified atom stereocenters. The summed E-state index contributed by atoms with van der Waals surface area (Å²) in [5, 5.41) is 0. The Kier molecular flexibility index (Phi) is 6.73. The maximum absolute atomic E-state index is 14.1. The molecule has 0 bridgehead atoms. The highest BCUT2D eigenvalue weighted by molar-refractivity contribution is 7.92. The lowest BCUT2D eigenvalue weighted by molar-refractivity contribution is 0.0596. The number of fused-ring (bicyclic) bond motifs is 3. The SMILES string of the molecule is CCN1CCC[C@@H]1CCc1cc(F)ccc1[S+]([O-])Nc1ccc2c(c1C(=O)OC)OC[C@@H]1C[C@H]21. The average molecular weight is 487 g/mol. The van der Waals surface area contributed by atoms with Crippen molar-refractivity contribution in [3.05, 3.63) is 52.8 Å². The molecule has 6 nitrogen and oxygen atoms in total. The number of halogens is 1. The van der Waals surface area contributed by atoms with Gasteiger partial charge in [0.15, 0.2) is 4.90 Å². The highest BCUT2D eigenvalue weighted by atomic mass is 32.2. The lowest BCUT2D eigenvalue weighted by Gasteiger charge is -2.24. The van der Waals surface area contributed by atoms with E-state index in [1.54, 1.807) is 12.1 Å². The van der Waals surface area contributed by atoms with Crippen LogP contribution in [0.1, 0.15) is 60.0 Å². The molecular formula is C26H31FN2O4S. The Labute approximate surface area is 203 Å². The van der Waals surface area contributed by atoms with Gasteiger partial charge in [-0.2, -0.15) is 0 Å². The molecule has 3 aliphatic rings. The molecule has 0 aromatic heterocycles. The largest absolute Gasteiger partial charge is 0.588 e. The van der Waals surface area contributed by atoms with Crippen LogP contribution in [0.2, 0.25) is 0 Å². The Morgan fingerprint density at radius 1 is 1.35 bits per heavy atom. The Hall–Kier alpha value is -2.29. The summed E-state index contributed by atoms with van der Waals surface area (Å²) >= 11 is -1.69. The molecule has 1 saturated heterocycles. The fraction of sp³-hybridized carbons (Fsp3) is 0.500. The van der Waals surface area contributed by atoms with Crippen LogP contribution in [0.25, 0.3) is 0 Å². The molecule has 182 valence electrons. The molecule has 2 aromatic rings. The number of esters is 1. The molecule has 0 spiro atoms. The van der Waals surface area contributed by atoms with E-state index in [9.17, 15) is 13.7 Å².